The lowest BCUT2D eigenvalue weighted by molar-refractivity contribution is -0.0908. The lowest BCUT2D eigenvalue weighted by Crippen LogP contribution is -2.18. The summed E-state index contributed by atoms with van der Waals surface area (Å²) in [7, 11) is 0. The second-order valence-electron chi connectivity index (χ2n) is 16.9. The summed E-state index contributed by atoms with van der Waals surface area (Å²) in [6.45, 7) is 7.15. The van der Waals surface area contributed by atoms with Crippen molar-refractivity contribution in [1.29, 1.82) is 0 Å². The first kappa shape index (κ1) is 42.0. The Bertz CT molecular complexity index is 1470. The van der Waals surface area contributed by atoms with Crippen LogP contribution in [0, 0.1) is 23.7 Å². The molecule has 4 heteroatoms. The lowest BCUT2D eigenvalue weighted by Gasteiger charge is -2.29. The van der Waals surface area contributed by atoms with Crippen molar-refractivity contribution in [2.24, 2.45) is 23.7 Å². The number of benzene rings is 4. The third-order valence-corrected chi connectivity index (χ3v) is 12.6. The fourth-order valence-electron chi connectivity index (χ4n) is 9.30. The molecule has 0 amide bonds. The van der Waals surface area contributed by atoms with E-state index in [1.165, 1.54) is 89.9 Å². The van der Waals surface area contributed by atoms with E-state index in [0.717, 1.165) is 83.5 Å². The van der Waals surface area contributed by atoms with Crippen LogP contribution < -0.4 is 9.47 Å². The van der Waals surface area contributed by atoms with Gasteiger partial charge in [0.1, 0.15) is 23.7 Å². The van der Waals surface area contributed by atoms with Gasteiger partial charge in [-0.05, 0) is 95.9 Å². The molecule has 0 radical (unpaired) electrons. The molecular formula is C52H70O4. The van der Waals surface area contributed by atoms with Crippen molar-refractivity contribution in [3.05, 3.63) is 131 Å². The Kier molecular flexibility index (Phi) is 17.7. The van der Waals surface area contributed by atoms with Crippen LogP contribution in [0.1, 0.15) is 151 Å². The Labute approximate surface area is 339 Å². The molecule has 56 heavy (non-hydrogen) atoms. The fourth-order valence-corrected chi connectivity index (χ4v) is 9.30. The van der Waals surface area contributed by atoms with E-state index in [2.05, 4.69) is 123 Å². The van der Waals surface area contributed by atoms with Crippen molar-refractivity contribution >= 4 is 0 Å². The van der Waals surface area contributed by atoms with E-state index in [-0.39, 0.29) is 12.2 Å². The normalized spacial score (nSPS) is 21.0. The van der Waals surface area contributed by atoms with Crippen LogP contribution in [-0.4, -0.2) is 13.2 Å². The van der Waals surface area contributed by atoms with E-state index in [4.69, 9.17) is 18.9 Å². The molecule has 4 nitrogen and oxygen atoms in total. The molecule has 0 aromatic heterocycles. The van der Waals surface area contributed by atoms with Gasteiger partial charge in [0.05, 0.1) is 26.4 Å². The van der Waals surface area contributed by atoms with Crippen LogP contribution in [0.25, 0.3) is 0 Å². The van der Waals surface area contributed by atoms with Crippen LogP contribution >= 0.6 is 0 Å². The van der Waals surface area contributed by atoms with Crippen molar-refractivity contribution in [3.8, 4) is 11.5 Å². The highest BCUT2D eigenvalue weighted by Crippen LogP contribution is 2.38. The first-order valence-electron chi connectivity index (χ1n) is 22.4. The summed E-state index contributed by atoms with van der Waals surface area (Å²) in [5, 5.41) is 0. The zero-order chi connectivity index (χ0) is 38.6. The molecule has 0 N–H and O–H groups in total. The zero-order valence-electron chi connectivity index (χ0n) is 34.6. The summed E-state index contributed by atoms with van der Waals surface area (Å²) >= 11 is 0. The number of hydrogen-bond acceptors (Lipinski definition) is 4. The maximum atomic E-state index is 6.80. The molecule has 0 bridgehead atoms. The average Bonchev–Trinajstić information content (AvgIpc) is 3.25. The van der Waals surface area contributed by atoms with Gasteiger partial charge in [-0.15, -0.1) is 0 Å². The zero-order valence-corrected chi connectivity index (χ0v) is 34.6. The van der Waals surface area contributed by atoms with Crippen molar-refractivity contribution < 1.29 is 18.9 Å². The van der Waals surface area contributed by atoms with Gasteiger partial charge in [0.15, 0.2) is 0 Å². The number of hydrogen-bond donors (Lipinski definition) is 0. The Morgan fingerprint density at radius 1 is 0.429 bits per heavy atom. The van der Waals surface area contributed by atoms with Crippen LogP contribution in [0.5, 0.6) is 11.5 Å². The molecule has 6 rings (SSSR count). The smallest absolute Gasteiger partial charge is 0.119 e. The summed E-state index contributed by atoms with van der Waals surface area (Å²) in [5.41, 5.74) is 4.42. The molecular weight excluding hydrogens is 689 g/mol. The first-order valence-corrected chi connectivity index (χ1v) is 22.4. The molecule has 0 unspecified atom stereocenters. The van der Waals surface area contributed by atoms with Gasteiger partial charge in [0.25, 0.3) is 0 Å². The van der Waals surface area contributed by atoms with Gasteiger partial charge in [-0.2, -0.15) is 0 Å². The number of rotatable bonds is 23. The van der Waals surface area contributed by atoms with Crippen LogP contribution in [0.3, 0.4) is 0 Å². The fraction of sp³-hybridized carbons (Fsp3) is 0.538. The monoisotopic (exact) mass is 759 g/mol. The Morgan fingerprint density at radius 2 is 0.768 bits per heavy atom. The van der Waals surface area contributed by atoms with Crippen molar-refractivity contribution in [1.82, 2.24) is 0 Å². The summed E-state index contributed by atoms with van der Waals surface area (Å²) in [6.07, 6.45) is 21.1. The van der Waals surface area contributed by atoms with Gasteiger partial charge in [-0.25, -0.2) is 0 Å². The van der Waals surface area contributed by atoms with Crippen LogP contribution in [-0.2, 0) is 22.7 Å². The van der Waals surface area contributed by atoms with Gasteiger partial charge >= 0.3 is 0 Å². The standard InChI is InChI=1S/C52H70O4/c1-3-13-41-21-25-43(26-22-41)15-11-37-53-49-33-29-45(30-34-49)39-55-51(47-17-7-5-8-18-47)52(48-19-9-6-10-20-48)56-40-46-31-35-50(36-32-46)54-38-12-16-44-27-23-42(14-4-2)24-28-44/h5-10,17-20,29-36,41-44,51-52H,3-4,11-16,21-28,37-40H2,1-2H3/t41?,42?,43?,44?,51-,52-/m1/s1. The van der Waals surface area contributed by atoms with E-state index in [1.807, 2.05) is 0 Å². The quantitative estimate of drug-likeness (QED) is 0.0706. The summed E-state index contributed by atoms with van der Waals surface area (Å²) in [6, 6.07) is 37.9. The van der Waals surface area contributed by atoms with Gasteiger partial charge in [0, 0.05) is 0 Å². The van der Waals surface area contributed by atoms with E-state index < -0.39 is 0 Å². The molecule has 4 aromatic carbocycles. The summed E-state index contributed by atoms with van der Waals surface area (Å²) in [4.78, 5) is 0. The predicted octanol–water partition coefficient (Wildman–Crippen LogP) is 14.4. The van der Waals surface area contributed by atoms with Gasteiger partial charge in [-0.3, -0.25) is 0 Å². The van der Waals surface area contributed by atoms with E-state index in [9.17, 15) is 0 Å². The Hall–Kier alpha value is -3.60. The molecule has 0 spiro atoms. The van der Waals surface area contributed by atoms with E-state index in [0.29, 0.717) is 13.2 Å². The van der Waals surface area contributed by atoms with Crippen LogP contribution in [0.2, 0.25) is 0 Å². The molecule has 2 aliphatic rings. The Balaban J connectivity index is 0.988. The highest BCUT2D eigenvalue weighted by molar-refractivity contribution is 5.29. The van der Waals surface area contributed by atoms with Crippen LogP contribution in [0.4, 0.5) is 0 Å². The minimum Gasteiger partial charge on any atom is -0.494 e. The number of ether oxygens (including phenoxy) is 4. The molecule has 0 aliphatic heterocycles. The van der Waals surface area contributed by atoms with Gasteiger partial charge < -0.3 is 18.9 Å². The third-order valence-electron chi connectivity index (χ3n) is 12.6. The molecule has 2 saturated carbocycles. The molecule has 0 heterocycles. The summed E-state index contributed by atoms with van der Waals surface area (Å²) in [5.74, 6) is 5.59. The maximum absolute atomic E-state index is 6.80. The van der Waals surface area contributed by atoms with Crippen molar-refractivity contribution in [2.45, 2.75) is 142 Å². The SMILES string of the molecule is CCCC1CCC(CCCOc2ccc(CO[C@H](c3ccccc3)[C@H](OCc3ccc(OCCCC4CCC(CCC)CC4)cc3)c3ccccc3)cc2)CC1. The topological polar surface area (TPSA) is 36.9 Å². The average molecular weight is 759 g/mol. The third kappa shape index (κ3) is 13.8. The molecule has 2 atom stereocenters. The van der Waals surface area contributed by atoms with Gasteiger partial charge in [0.2, 0.25) is 0 Å². The second-order valence-corrected chi connectivity index (χ2v) is 16.9. The predicted molar refractivity (Wildman–Crippen MR) is 231 cm³/mol. The largest absolute Gasteiger partial charge is 0.494 e. The molecule has 0 saturated heterocycles. The minimum absolute atomic E-state index is 0.295. The van der Waals surface area contributed by atoms with Gasteiger partial charge in [-0.1, -0.05) is 176 Å². The Morgan fingerprint density at radius 3 is 1.11 bits per heavy atom. The molecule has 4 aromatic rings. The second kappa shape index (κ2) is 23.6. The lowest BCUT2D eigenvalue weighted by atomic mass is 9.78. The van der Waals surface area contributed by atoms with Crippen LogP contribution in [0.15, 0.2) is 109 Å². The molecule has 2 aliphatic carbocycles. The molecule has 2 fully saturated rings. The highest BCUT2D eigenvalue weighted by atomic mass is 16.5. The van der Waals surface area contributed by atoms with E-state index >= 15 is 0 Å². The minimum atomic E-state index is -0.295. The first-order chi connectivity index (χ1) is 27.7. The van der Waals surface area contributed by atoms with Crippen molar-refractivity contribution in [2.75, 3.05) is 13.2 Å². The van der Waals surface area contributed by atoms with E-state index in [1.54, 1.807) is 0 Å². The van der Waals surface area contributed by atoms with Crippen molar-refractivity contribution in [3.63, 3.8) is 0 Å². The highest BCUT2D eigenvalue weighted by Gasteiger charge is 2.27. The maximum Gasteiger partial charge on any atom is 0.119 e. The summed E-state index contributed by atoms with van der Waals surface area (Å²) < 4.78 is 25.9. The molecule has 302 valence electrons.